The van der Waals surface area contributed by atoms with Gasteiger partial charge in [0.15, 0.2) is 0 Å². The van der Waals surface area contributed by atoms with Crippen LogP contribution in [0.25, 0.3) is 0 Å². The Morgan fingerprint density at radius 3 is 2.76 bits per heavy atom. The summed E-state index contributed by atoms with van der Waals surface area (Å²) in [5.74, 6) is -0.567. The van der Waals surface area contributed by atoms with Crippen molar-refractivity contribution in [2.45, 2.75) is 25.5 Å². The number of anilines is 1. The summed E-state index contributed by atoms with van der Waals surface area (Å²) in [5.41, 5.74) is 5.96. The lowest BCUT2D eigenvalue weighted by molar-refractivity contribution is -0.148. The highest BCUT2D eigenvalue weighted by Gasteiger charge is 2.29. The fourth-order valence-corrected chi connectivity index (χ4v) is 2.16. The summed E-state index contributed by atoms with van der Waals surface area (Å²) in [4.78, 5) is 12.2. The lowest BCUT2D eigenvalue weighted by Gasteiger charge is -2.26. The molecule has 0 bridgehead atoms. The van der Waals surface area contributed by atoms with Crippen molar-refractivity contribution >= 4 is 11.7 Å². The molecule has 0 aliphatic carbocycles. The minimum Gasteiger partial charge on any atom is -0.486 e. The highest BCUT2D eigenvalue weighted by molar-refractivity contribution is 5.76. The van der Waals surface area contributed by atoms with E-state index in [-0.39, 0.29) is 12.3 Å². The highest BCUT2D eigenvalue weighted by atomic mass is 19.1. The van der Waals surface area contributed by atoms with E-state index in [4.69, 9.17) is 15.2 Å². The summed E-state index contributed by atoms with van der Waals surface area (Å²) in [6.45, 7) is 5.59. The number of benzene rings is 1. The van der Waals surface area contributed by atoms with Crippen molar-refractivity contribution in [2.75, 3.05) is 19.4 Å². The van der Waals surface area contributed by atoms with E-state index in [0.717, 1.165) is 0 Å². The zero-order valence-electron chi connectivity index (χ0n) is 14.6. The molecule has 25 heavy (non-hydrogen) atoms. The van der Waals surface area contributed by atoms with Crippen LogP contribution in [0.4, 0.5) is 10.1 Å². The Labute approximate surface area is 148 Å². The summed E-state index contributed by atoms with van der Waals surface area (Å²) in [6, 6.07) is 3.17. The average molecular weight is 348 g/mol. The molecule has 6 heteroatoms. The average Bonchev–Trinajstić information content (AvgIpc) is 2.57. The minimum absolute atomic E-state index is 0.166. The van der Waals surface area contributed by atoms with E-state index in [9.17, 15) is 9.18 Å². The van der Waals surface area contributed by atoms with Crippen molar-refractivity contribution in [3.8, 4) is 5.75 Å². The first-order valence-corrected chi connectivity index (χ1v) is 8.03. The monoisotopic (exact) mass is 348 g/mol. The summed E-state index contributed by atoms with van der Waals surface area (Å²) in [5, 5.41) is 2.91. The van der Waals surface area contributed by atoms with Gasteiger partial charge in [0.1, 0.15) is 23.7 Å². The number of nitrogens with two attached hydrogens (primary N) is 1. The van der Waals surface area contributed by atoms with Crippen molar-refractivity contribution in [1.82, 2.24) is 5.32 Å². The molecule has 0 heterocycles. The Bertz CT molecular complexity index is 629. The molecule has 1 aromatic rings. The SMILES string of the molecule is C=C/C=C\C=C/CC(Oc1ccc(F)cc1N)C(NC)C(=O)OCC. The number of carbonyl (C=O) groups is 1. The lowest BCUT2D eigenvalue weighted by atomic mass is 10.1. The number of esters is 1. The molecule has 0 radical (unpaired) electrons. The van der Waals surface area contributed by atoms with Gasteiger partial charge in [-0.25, -0.2) is 4.39 Å². The second-order valence-electron chi connectivity index (χ2n) is 5.14. The Kier molecular flexibility index (Phi) is 9.03. The van der Waals surface area contributed by atoms with Crippen LogP contribution in [0.15, 0.2) is 55.2 Å². The topological polar surface area (TPSA) is 73.6 Å². The molecule has 5 nitrogen and oxygen atoms in total. The van der Waals surface area contributed by atoms with Gasteiger partial charge in [-0.15, -0.1) is 0 Å². The predicted octanol–water partition coefficient (Wildman–Crippen LogP) is 2.99. The quantitative estimate of drug-likeness (QED) is 0.386. The third-order valence-corrected chi connectivity index (χ3v) is 3.34. The number of ether oxygens (including phenoxy) is 2. The van der Waals surface area contributed by atoms with Crippen LogP contribution in [-0.4, -0.2) is 31.8 Å². The first-order chi connectivity index (χ1) is 12.0. The van der Waals surface area contributed by atoms with Gasteiger partial charge in [0.05, 0.1) is 12.3 Å². The molecule has 136 valence electrons. The van der Waals surface area contributed by atoms with Crippen molar-refractivity contribution < 1.29 is 18.7 Å². The number of halogens is 1. The molecule has 0 aromatic heterocycles. The molecule has 0 aliphatic rings. The van der Waals surface area contributed by atoms with Crippen LogP contribution in [0.2, 0.25) is 0 Å². The Morgan fingerprint density at radius 2 is 2.16 bits per heavy atom. The van der Waals surface area contributed by atoms with Crippen LogP contribution in [0.3, 0.4) is 0 Å². The van der Waals surface area contributed by atoms with Crippen LogP contribution in [0.1, 0.15) is 13.3 Å². The van der Waals surface area contributed by atoms with Crippen LogP contribution >= 0.6 is 0 Å². The van der Waals surface area contributed by atoms with Gasteiger partial charge in [0.25, 0.3) is 0 Å². The maximum atomic E-state index is 13.2. The molecule has 0 aliphatic heterocycles. The summed E-state index contributed by atoms with van der Waals surface area (Å²) < 4.78 is 24.2. The number of hydrogen-bond donors (Lipinski definition) is 2. The molecule has 2 unspecified atom stereocenters. The fraction of sp³-hybridized carbons (Fsp3) is 0.316. The van der Waals surface area contributed by atoms with Crippen molar-refractivity contribution in [3.05, 3.63) is 61.0 Å². The second kappa shape index (κ2) is 11.0. The van der Waals surface area contributed by atoms with Gasteiger partial charge in [-0.2, -0.15) is 0 Å². The van der Waals surface area contributed by atoms with Gasteiger partial charge in [-0.1, -0.05) is 37.0 Å². The first kappa shape index (κ1) is 20.4. The number of nitrogens with one attached hydrogen (secondary N) is 1. The fourth-order valence-electron chi connectivity index (χ4n) is 2.16. The largest absolute Gasteiger partial charge is 0.486 e. The molecule has 2 atom stereocenters. The van der Waals surface area contributed by atoms with Crippen molar-refractivity contribution in [3.63, 3.8) is 0 Å². The molecule has 0 saturated heterocycles. The zero-order chi connectivity index (χ0) is 18.7. The second-order valence-corrected chi connectivity index (χ2v) is 5.14. The molecular formula is C19H25FN2O3. The predicted molar refractivity (Wildman–Crippen MR) is 97.8 cm³/mol. The van der Waals surface area contributed by atoms with Crippen LogP contribution in [0.5, 0.6) is 5.75 Å². The number of carbonyl (C=O) groups excluding carboxylic acids is 1. The molecule has 3 N–H and O–H groups in total. The molecule has 0 amide bonds. The maximum Gasteiger partial charge on any atom is 0.327 e. The maximum absolute atomic E-state index is 13.2. The third-order valence-electron chi connectivity index (χ3n) is 3.34. The molecule has 0 fully saturated rings. The minimum atomic E-state index is -0.697. The number of likely N-dealkylation sites (N-methyl/N-ethyl adjacent to an activating group) is 1. The summed E-state index contributed by atoms with van der Waals surface area (Å²) in [6.07, 6.45) is 8.78. The highest BCUT2D eigenvalue weighted by Crippen LogP contribution is 2.25. The Hall–Kier alpha value is -2.60. The lowest BCUT2D eigenvalue weighted by Crippen LogP contribution is -2.48. The van der Waals surface area contributed by atoms with E-state index < -0.39 is 23.9 Å². The van der Waals surface area contributed by atoms with Crippen LogP contribution < -0.4 is 15.8 Å². The van der Waals surface area contributed by atoms with Gasteiger partial charge >= 0.3 is 5.97 Å². The normalized spacial score (nSPS) is 13.7. The van der Waals surface area contributed by atoms with E-state index in [1.54, 1.807) is 26.1 Å². The standard InChI is InChI=1S/C19H25FN2O3/c1-4-6-7-8-9-10-17(18(22-3)19(23)24-5-2)25-16-12-11-14(20)13-15(16)21/h4,6-9,11-13,17-18,22H,1,5,10,21H2,2-3H3/b7-6-,9-8-. The molecule has 1 aromatic carbocycles. The number of hydrogen-bond acceptors (Lipinski definition) is 5. The Morgan fingerprint density at radius 1 is 1.40 bits per heavy atom. The zero-order valence-corrected chi connectivity index (χ0v) is 14.6. The van der Waals surface area contributed by atoms with Gasteiger partial charge in [-0.3, -0.25) is 4.79 Å². The van der Waals surface area contributed by atoms with E-state index in [0.29, 0.717) is 12.2 Å². The number of rotatable bonds is 10. The Balaban J connectivity index is 2.99. The van der Waals surface area contributed by atoms with Gasteiger partial charge in [0, 0.05) is 12.5 Å². The van der Waals surface area contributed by atoms with E-state index in [1.807, 2.05) is 18.2 Å². The van der Waals surface area contributed by atoms with E-state index >= 15 is 0 Å². The van der Waals surface area contributed by atoms with E-state index in [2.05, 4.69) is 11.9 Å². The molecule has 1 rings (SSSR count). The molecular weight excluding hydrogens is 323 g/mol. The van der Waals surface area contributed by atoms with Crippen LogP contribution in [0, 0.1) is 5.82 Å². The summed E-state index contributed by atoms with van der Waals surface area (Å²) >= 11 is 0. The number of allylic oxidation sites excluding steroid dienone is 4. The molecule has 0 saturated carbocycles. The van der Waals surface area contributed by atoms with Gasteiger partial charge in [-0.05, 0) is 26.1 Å². The summed E-state index contributed by atoms with van der Waals surface area (Å²) in [7, 11) is 1.65. The smallest absolute Gasteiger partial charge is 0.327 e. The first-order valence-electron chi connectivity index (χ1n) is 8.03. The van der Waals surface area contributed by atoms with Gasteiger partial charge in [0.2, 0.25) is 0 Å². The van der Waals surface area contributed by atoms with Gasteiger partial charge < -0.3 is 20.5 Å². The third kappa shape index (κ3) is 6.81. The van der Waals surface area contributed by atoms with Crippen molar-refractivity contribution in [2.24, 2.45) is 0 Å². The molecule has 0 spiro atoms. The van der Waals surface area contributed by atoms with Crippen LogP contribution in [-0.2, 0) is 9.53 Å². The van der Waals surface area contributed by atoms with Crippen molar-refractivity contribution in [1.29, 1.82) is 0 Å². The van der Waals surface area contributed by atoms with E-state index in [1.165, 1.54) is 18.2 Å². The number of nitrogen functional groups attached to an aromatic ring is 1.